The van der Waals surface area contributed by atoms with Crippen molar-refractivity contribution in [2.75, 3.05) is 0 Å². The van der Waals surface area contributed by atoms with Crippen molar-refractivity contribution < 1.29 is 9.53 Å². The van der Waals surface area contributed by atoms with Crippen LogP contribution < -0.4 is 11.1 Å². The third-order valence-corrected chi connectivity index (χ3v) is 4.97. The fourth-order valence-electron chi connectivity index (χ4n) is 2.98. The van der Waals surface area contributed by atoms with E-state index < -0.39 is 11.7 Å². The number of amides is 1. The maximum Gasteiger partial charge on any atom is 0.408 e. The number of aromatic amines is 2. The first kappa shape index (κ1) is 27.7. The Morgan fingerprint density at radius 3 is 1.91 bits per heavy atom. The van der Waals surface area contributed by atoms with Gasteiger partial charge in [-0.05, 0) is 71.0 Å². The van der Waals surface area contributed by atoms with Crippen molar-refractivity contribution in [3.63, 3.8) is 0 Å². The van der Waals surface area contributed by atoms with Crippen LogP contribution in [0.4, 0.5) is 4.79 Å². The van der Waals surface area contributed by atoms with Gasteiger partial charge in [0.2, 0.25) is 0 Å². The number of imidazole rings is 2. The monoisotopic (exact) mass is 526 g/mol. The summed E-state index contributed by atoms with van der Waals surface area (Å²) in [5, 5.41) is 4.08. The van der Waals surface area contributed by atoms with Crippen LogP contribution in [0.3, 0.4) is 0 Å². The lowest BCUT2D eigenvalue weighted by Gasteiger charge is -2.21. The van der Waals surface area contributed by atoms with Crippen LogP contribution in [0.2, 0.25) is 10.0 Å². The molecule has 2 aromatic carbocycles. The summed E-state index contributed by atoms with van der Waals surface area (Å²) in [5.74, 6) is 1.45. The maximum atomic E-state index is 11.7. The predicted octanol–water partition coefficient (Wildman–Crippen LogP) is 6.46. The second-order valence-electron chi connectivity index (χ2n) is 8.72. The van der Waals surface area contributed by atoms with E-state index in [1.807, 2.05) is 58.9 Å². The topological polar surface area (TPSA) is 122 Å². The van der Waals surface area contributed by atoms with E-state index in [0.717, 1.165) is 27.9 Å². The Bertz CT molecular complexity index is 1260. The van der Waals surface area contributed by atoms with E-state index in [1.165, 1.54) is 0 Å². The molecule has 184 valence electrons. The lowest BCUT2D eigenvalue weighted by Crippen LogP contribution is -2.34. The molecule has 0 bridgehead atoms. The Morgan fingerprint density at radius 2 is 1.44 bits per heavy atom. The number of rotatable bonds is 3. The zero-order valence-corrected chi connectivity index (χ0v) is 21.9. The number of alkyl carbamates (subject to hydrolysis) is 1. The van der Waals surface area contributed by atoms with Crippen LogP contribution in [0.1, 0.15) is 58.4 Å². The van der Waals surface area contributed by atoms with E-state index in [2.05, 4.69) is 25.3 Å². The summed E-state index contributed by atoms with van der Waals surface area (Å²) in [7, 11) is 0. The minimum atomic E-state index is -0.523. The molecule has 0 radical (unpaired) electrons. The van der Waals surface area contributed by atoms with Crippen molar-refractivity contribution in [1.82, 2.24) is 25.3 Å². The minimum Gasteiger partial charge on any atom is -0.444 e. The van der Waals surface area contributed by atoms with Gasteiger partial charge in [-0.3, -0.25) is 0 Å². The fraction of sp³-hybridized carbons (Fsp3) is 0.348. The summed E-state index contributed by atoms with van der Waals surface area (Å²) in [6.07, 6.45) is -0.469. The molecule has 2 atom stereocenters. The average Bonchev–Trinajstić information content (AvgIpc) is 3.30. The molecule has 0 spiro atoms. The number of nitrogens with zero attached hydrogens (tertiary/aromatic N) is 2. The van der Waals surface area contributed by atoms with Gasteiger partial charge in [0.25, 0.3) is 0 Å². The van der Waals surface area contributed by atoms with E-state index in [0.29, 0.717) is 15.9 Å². The van der Waals surface area contributed by atoms with E-state index in [-0.39, 0.29) is 24.5 Å². The first-order chi connectivity index (χ1) is 15.4. The molecule has 0 aliphatic heterocycles. The fourth-order valence-corrected chi connectivity index (χ4v) is 3.32. The molecule has 0 fully saturated rings. The maximum absolute atomic E-state index is 11.7. The highest BCUT2D eigenvalue weighted by Gasteiger charge is 2.19. The molecule has 0 unspecified atom stereocenters. The summed E-state index contributed by atoms with van der Waals surface area (Å²) in [4.78, 5) is 26.7. The normalized spacial score (nSPS) is 12.9. The number of carbonyl (C=O) groups excluding carboxylic acids is 1. The molecule has 0 aliphatic rings. The standard InChI is InChI=1S/C14H18ClN3O2.C9H10ClN3.ClH/c1-8(16-13(19)20-14(2,3)4)12-17-10-6-5-9(15)7-11(10)18-12;1-5(11)9-12-7-3-2-6(10)4-8(7)13-9;/h5-8H,1-4H3,(H,16,19)(H,17,18);2-5H,11H2,1H3,(H,12,13);1H/t8-;5-;/m00./s1. The van der Waals surface area contributed by atoms with Gasteiger partial charge < -0.3 is 25.8 Å². The Balaban J connectivity index is 0.000000253. The van der Waals surface area contributed by atoms with Crippen molar-refractivity contribution in [1.29, 1.82) is 0 Å². The number of carbonyl (C=O) groups is 1. The van der Waals surface area contributed by atoms with Crippen molar-refractivity contribution >= 4 is 63.8 Å². The highest BCUT2D eigenvalue weighted by molar-refractivity contribution is 6.31. The number of nitrogens with one attached hydrogen (secondary N) is 3. The second kappa shape index (κ2) is 11.3. The van der Waals surface area contributed by atoms with Gasteiger partial charge in [-0.2, -0.15) is 0 Å². The molecule has 5 N–H and O–H groups in total. The summed E-state index contributed by atoms with van der Waals surface area (Å²) in [6.45, 7) is 9.18. The van der Waals surface area contributed by atoms with Gasteiger partial charge in [0.05, 0.1) is 34.2 Å². The Morgan fingerprint density at radius 1 is 0.971 bits per heavy atom. The van der Waals surface area contributed by atoms with Crippen LogP contribution in [-0.2, 0) is 4.74 Å². The number of ether oxygens (including phenoxy) is 1. The highest BCUT2D eigenvalue weighted by atomic mass is 35.5. The zero-order valence-electron chi connectivity index (χ0n) is 19.6. The predicted molar refractivity (Wildman–Crippen MR) is 140 cm³/mol. The molecule has 2 heterocycles. The smallest absolute Gasteiger partial charge is 0.408 e. The number of aromatic nitrogens is 4. The van der Waals surface area contributed by atoms with E-state index in [9.17, 15) is 4.79 Å². The van der Waals surface area contributed by atoms with Crippen LogP contribution in [0.25, 0.3) is 22.1 Å². The summed E-state index contributed by atoms with van der Waals surface area (Å²) < 4.78 is 5.21. The number of hydrogen-bond acceptors (Lipinski definition) is 5. The Kier molecular flexibility index (Phi) is 9.19. The summed E-state index contributed by atoms with van der Waals surface area (Å²) in [5.41, 5.74) is 8.64. The third-order valence-electron chi connectivity index (χ3n) is 4.50. The van der Waals surface area contributed by atoms with Gasteiger partial charge >= 0.3 is 6.09 Å². The van der Waals surface area contributed by atoms with Crippen LogP contribution in [0, 0.1) is 0 Å². The molecular weight excluding hydrogens is 499 g/mol. The first-order valence-electron chi connectivity index (χ1n) is 10.5. The van der Waals surface area contributed by atoms with Crippen LogP contribution in [0.15, 0.2) is 36.4 Å². The van der Waals surface area contributed by atoms with Crippen molar-refractivity contribution in [2.45, 2.75) is 52.3 Å². The third kappa shape index (κ3) is 7.50. The second-order valence-corrected chi connectivity index (χ2v) is 9.60. The van der Waals surface area contributed by atoms with Gasteiger partial charge in [0.1, 0.15) is 17.2 Å². The number of nitrogens with two attached hydrogens (primary N) is 1. The quantitative estimate of drug-likeness (QED) is 0.243. The van der Waals surface area contributed by atoms with Crippen molar-refractivity contribution in [2.24, 2.45) is 5.73 Å². The number of benzene rings is 2. The van der Waals surface area contributed by atoms with E-state index in [4.69, 9.17) is 33.7 Å². The van der Waals surface area contributed by atoms with E-state index >= 15 is 0 Å². The Hall–Kier alpha value is -2.52. The molecule has 2 aromatic heterocycles. The molecule has 34 heavy (non-hydrogen) atoms. The SMILES string of the molecule is C[C@H](N)c1nc2ccc(Cl)cc2[nH]1.C[C@H](NC(=O)OC(C)(C)C)c1nc2ccc(Cl)cc2[nH]1.Cl. The van der Waals surface area contributed by atoms with Gasteiger partial charge in [-0.25, -0.2) is 14.8 Å². The molecule has 0 saturated carbocycles. The molecule has 0 saturated heterocycles. The molecule has 4 rings (SSSR count). The largest absolute Gasteiger partial charge is 0.444 e. The summed E-state index contributed by atoms with van der Waals surface area (Å²) in [6, 6.07) is 10.6. The highest BCUT2D eigenvalue weighted by Crippen LogP contribution is 2.21. The zero-order chi connectivity index (χ0) is 24.3. The van der Waals surface area contributed by atoms with Gasteiger partial charge in [-0.15, -0.1) is 12.4 Å². The lowest BCUT2D eigenvalue weighted by atomic mass is 10.2. The van der Waals surface area contributed by atoms with Crippen molar-refractivity contribution in [3.8, 4) is 0 Å². The minimum absolute atomic E-state index is 0. The van der Waals surface area contributed by atoms with Crippen molar-refractivity contribution in [3.05, 3.63) is 58.1 Å². The molecule has 11 heteroatoms. The summed E-state index contributed by atoms with van der Waals surface area (Å²) >= 11 is 11.8. The molecule has 1 amide bonds. The number of H-pyrrole nitrogens is 2. The lowest BCUT2D eigenvalue weighted by molar-refractivity contribution is 0.0506. The average molecular weight is 528 g/mol. The Labute approximate surface area is 214 Å². The van der Waals surface area contributed by atoms with Gasteiger partial charge in [0.15, 0.2) is 0 Å². The number of halogens is 3. The first-order valence-corrected chi connectivity index (χ1v) is 11.2. The number of hydrogen-bond donors (Lipinski definition) is 4. The van der Waals surface area contributed by atoms with Crippen LogP contribution in [-0.4, -0.2) is 31.6 Å². The van der Waals surface area contributed by atoms with Gasteiger partial charge in [-0.1, -0.05) is 23.2 Å². The van der Waals surface area contributed by atoms with Crippen LogP contribution >= 0.6 is 35.6 Å². The van der Waals surface area contributed by atoms with E-state index in [1.54, 1.807) is 12.1 Å². The molecule has 0 aliphatic carbocycles. The molecule has 8 nitrogen and oxygen atoms in total. The molecular formula is C23H29Cl3N6O2. The van der Waals surface area contributed by atoms with Gasteiger partial charge in [0, 0.05) is 10.0 Å². The van der Waals surface area contributed by atoms with Crippen LogP contribution in [0.5, 0.6) is 0 Å². The molecule has 4 aromatic rings. The number of fused-ring (bicyclic) bond motifs is 2.